The Hall–Kier alpha value is -1.13. The van der Waals surface area contributed by atoms with E-state index in [1.165, 1.54) is 12.1 Å². The quantitative estimate of drug-likeness (QED) is 0.903. The molecule has 2 atom stereocenters. The number of hydrogen-bond donors (Lipinski definition) is 1. The molecule has 0 saturated carbocycles. The summed E-state index contributed by atoms with van der Waals surface area (Å²) in [5, 5.41) is 0. The van der Waals surface area contributed by atoms with Crippen molar-refractivity contribution < 1.29 is 4.39 Å². The summed E-state index contributed by atoms with van der Waals surface area (Å²) in [5.41, 5.74) is 6.85. The summed E-state index contributed by atoms with van der Waals surface area (Å²) in [4.78, 5) is 4.81. The molecule has 1 aromatic carbocycles. The Kier molecular flexibility index (Phi) is 4.77. The van der Waals surface area contributed by atoms with Gasteiger partial charge in [-0.3, -0.25) is 4.90 Å². The van der Waals surface area contributed by atoms with Gasteiger partial charge in [0, 0.05) is 37.9 Å². The molecular weight excluding hydrogens is 241 g/mol. The lowest BCUT2D eigenvalue weighted by Gasteiger charge is -2.40. The molecule has 2 rings (SSSR count). The molecular formula is C15H24FN3. The van der Waals surface area contributed by atoms with Gasteiger partial charge in [-0.25, -0.2) is 4.39 Å². The fraction of sp³-hybridized carbons (Fsp3) is 0.600. The first kappa shape index (κ1) is 14.3. The molecule has 0 spiro atoms. The summed E-state index contributed by atoms with van der Waals surface area (Å²) < 4.78 is 12.9. The van der Waals surface area contributed by atoms with Crippen molar-refractivity contribution in [3.63, 3.8) is 0 Å². The number of halogens is 1. The van der Waals surface area contributed by atoms with Crippen LogP contribution in [-0.2, 0) is 0 Å². The first-order valence-corrected chi connectivity index (χ1v) is 7.06. The molecule has 106 valence electrons. The van der Waals surface area contributed by atoms with Gasteiger partial charge >= 0.3 is 0 Å². The van der Waals surface area contributed by atoms with Gasteiger partial charge in [0.15, 0.2) is 0 Å². The lowest BCUT2D eigenvalue weighted by Crippen LogP contribution is -2.52. The molecule has 0 aliphatic carbocycles. The van der Waals surface area contributed by atoms with E-state index in [1.54, 1.807) is 0 Å². The molecule has 0 amide bonds. The minimum atomic E-state index is -0.173. The molecule has 1 aliphatic heterocycles. The van der Waals surface area contributed by atoms with Crippen LogP contribution in [0.1, 0.15) is 13.8 Å². The van der Waals surface area contributed by atoms with Gasteiger partial charge in [0.2, 0.25) is 0 Å². The zero-order valence-corrected chi connectivity index (χ0v) is 11.8. The summed E-state index contributed by atoms with van der Waals surface area (Å²) in [6.45, 7) is 9.27. The molecule has 1 saturated heterocycles. The molecule has 1 aliphatic rings. The lowest BCUT2D eigenvalue weighted by atomic mass is 10.0. The number of benzene rings is 1. The highest BCUT2D eigenvalue weighted by atomic mass is 19.1. The van der Waals surface area contributed by atoms with E-state index in [0.717, 1.165) is 38.4 Å². The minimum Gasteiger partial charge on any atom is -0.369 e. The van der Waals surface area contributed by atoms with Gasteiger partial charge in [0.1, 0.15) is 5.82 Å². The largest absolute Gasteiger partial charge is 0.369 e. The van der Waals surface area contributed by atoms with Crippen molar-refractivity contribution in [1.29, 1.82) is 0 Å². The Morgan fingerprint density at radius 1 is 1.11 bits per heavy atom. The fourth-order valence-corrected chi connectivity index (χ4v) is 2.60. The average Bonchev–Trinajstić information content (AvgIpc) is 2.46. The van der Waals surface area contributed by atoms with Crippen LogP contribution in [-0.4, -0.2) is 43.7 Å². The van der Waals surface area contributed by atoms with E-state index in [2.05, 4.69) is 23.6 Å². The summed E-state index contributed by atoms with van der Waals surface area (Å²) >= 11 is 0. The number of nitrogens with zero attached hydrogens (tertiary/aromatic N) is 2. The Morgan fingerprint density at radius 2 is 1.68 bits per heavy atom. The van der Waals surface area contributed by atoms with E-state index in [4.69, 9.17) is 5.73 Å². The summed E-state index contributed by atoms with van der Waals surface area (Å²) in [5.74, 6) is 0.352. The van der Waals surface area contributed by atoms with Crippen LogP contribution < -0.4 is 10.6 Å². The molecule has 1 heterocycles. The molecule has 4 heteroatoms. The Labute approximate surface area is 115 Å². The number of nitrogens with two attached hydrogens (primary N) is 1. The van der Waals surface area contributed by atoms with E-state index < -0.39 is 0 Å². The van der Waals surface area contributed by atoms with Crippen molar-refractivity contribution in [3.05, 3.63) is 30.1 Å². The highest BCUT2D eigenvalue weighted by molar-refractivity contribution is 5.46. The zero-order valence-electron chi connectivity index (χ0n) is 11.8. The van der Waals surface area contributed by atoms with Gasteiger partial charge in [0.05, 0.1) is 0 Å². The predicted octanol–water partition coefficient (Wildman–Crippen LogP) is 1.93. The van der Waals surface area contributed by atoms with Crippen molar-refractivity contribution >= 4 is 5.69 Å². The van der Waals surface area contributed by atoms with Crippen LogP contribution in [0.5, 0.6) is 0 Å². The van der Waals surface area contributed by atoms with E-state index in [1.807, 2.05) is 12.1 Å². The summed E-state index contributed by atoms with van der Waals surface area (Å²) in [6, 6.07) is 7.30. The van der Waals surface area contributed by atoms with Crippen LogP contribution >= 0.6 is 0 Å². The molecule has 1 aromatic rings. The van der Waals surface area contributed by atoms with Gasteiger partial charge in [-0.15, -0.1) is 0 Å². The summed E-state index contributed by atoms with van der Waals surface area (Å²) in [7, 11) is 0. The van der Waals surface area contributed by atoms with Gasteiger partial charge in [-0.1, -0.05) is 6.92 Å². The molecule has 0 bridgehead atoms. The maximum absolute atomic E-state index is 12.9. The van der Waals surface area contributed by atoms with Crippen molar-refractivity contribution in [2.24, 2.45) is 11.7 Å². The number of rotatable bonds is 4. The Bertz CT molecular complexity index is 385. The predicted molar refractivity (Wildman–Crippen MR) is 77.9 cm³/mol. The number of hydrogen-bond acceptors (Lipinski definition) is 3. The SMILES string of the molecule is CC(CN)C(C)N1CCN(c2ccc(F)cc2)CC1. The van der Waals surface area contributed by atoms with Crippen LogP contribution in [0.3, 0.4) is 0 Å². The minimum absolute atomic E-state index is 0.173. The van der Waals surface area contributed by atoms with Gasteiger partial charge < -0.3 is 10.6 Å². The number of piperazine rings is 1. The van der Waals surface area contributed by atoms with Gasteiger partial charge in [0.25, 0.3) is 0 Å². The first-order chi connectivity index (χ1) is 9.11. The highest BCUT2D eigenvalue weighted by Crippen LogP contribution is 2.19. The average molecular weight is 265 g/mol. The maximum Gasteiger partial charge on any atom is 0.123 e. The van der Waals surface area contributed by atoms with Crippen LogP contribution in [0.15, 0.2) is 24.3 Å². The Balaban J connectivity index is 1.90. The molecule has 3 nitrogen and oxygen atoms in total. The first-order valence-electron chi connectivity index (χ1n) is 7.06. The fourth-order valence-electron chi connectivity index (χ4n) is 2.60. The van der Waals surface area contributed by atoms with Gasteiger partial charge in [-0.2, -0.15) is 0 Å². The van der Waals surface area contributed by atoms with Crippen LogP contribution in [0, 0.1) is 11.7 Å². The maximum atomic E-state index is 12.9. The standard InChI is InChI=1S/C15H24FN3/c1-12(11-17)13(2)18-7-9-19(10-8-18)15-5-3-14(16)4-6-15/h3-6,12-13H,7-11,17H2,1-2H3. The van der Waals surface area contributed by atoms with E-state index in [0.29, 0.717) is 12.0 Å². The van der Waals surface area contributed by atoms with Crippen molar-refractivity contribution in [1.82, 2.24) is 4.90 Å². The molecule has 0 radical (unpaired) electrons. The van der Waals surface area contributed by atoms with Crippen LogP contribution in [0.4, 0.5) is 10.1 Å². The highest BCUT2D eigenvalue weighted by Gasteiger charge is 2.23. The molecule has 19 heavy (non-hydrogen) atoms. The van der Waals surface area contributed by atoms with Gasteiger partial charge in [-0.05, 0) is 43.7 Å². The molecule has 2 unspecified atom stereocenters. The topological polar surface area (TPSA) is 32.5 Å². The second-order valence-corrected chi connectivity index (χ2v) is 5.45. The molecule has 1 fully saturated rings. The van der Waals surface area contributed by atoms with E-state index in [-0.39, 0.29) is 5.82 Å². The monoisotopic (exact) mass is 265 g/mol. The van der Waals surface area contributed by atoms with Crippen molar-refractivity contribution in [2.75, 3.05) is 37.6 Å². The van der Waals surface area contributed by atoms with Crippen molar-refractivity contribution in [3.8, 4) is 0 Å². The van der Waals surface area contributed by atoms with E-state index >= 15 is 0 Å². The molecule has 0 aromatic heterocycles. The van der Waals surface area contributed by atoms with Crippen LogP contribution in [0.2, 0.25) is 0 Å². The smallest absolute Gasteiger partial charge is 0.123 e. The Morgan fingerprint density at radius 3 is 2.21 bits per heavy atom. The second-order valence-electron chi connectivity index (χ2n) is 5.45. The third kappa shape index (κ3) is 3.45. The summed E-state index contributed by atoms with van der Waals surface area (Å²) in [6.07, 6.45) is 0. The third-order valence-electron chi connectivity index (χ3n) is 4.28. The van der Waals surface area contributed by atoms with Crippen LogP contribution in [0.25, 0.3) is 0 Å². The van der Waals surface area contributed by atoms with E-state index in [9.17, 15) is 4.39 Å². The molecule has 2 N–H and O–H groups in total. The van der Waals surface area contributed by atoms with Crippen molar-refractivity contribution in [2.45, 2.75) is 19.9 Å². The third-order valence-corrected chi connectivity index (χ3v) is 4.28. The second kappa shape index (κ2) is 6.35. The number of anilines is 1. The lowest BCUT2D eigenvalue weighted by molar-refractivity contribution is 0.155. The normalized spacial score (nSPS) is 20.3. The zero-order chi connectivity index (χ0) is 13.8.